The summed E-state index contributed by atoms with van der Waals surface area (Å²) in [6, 6.07) is 14.7. The van der Waals surface area contributed by atoms with Gasteiger partial charge in [0.25, 0.3) is 0 Å². The minimum Gasteiger partial charge on any atom is -0.497 e. The Morgan fingerprint density at radius 1 is 1.25 bits per heavy atom. The van der Waals surface area contributed by atoms with Crippen LogP contribution in [0.3, 0.4) is 0 Å². The molecule has 0 bridgehead atoms. The number of rotatable bonds is 6. The molecule has 2 aromatic carbocycles. The lowest BCUT2D eigenvalue weighted by atomic mass is 10.1. The van der Waals surface area contributed by atoms with Crippen molar-refractivity contribution in [3.05, 3.63) is 59.7 Å². The van der Waals surface area contributed by atoms with Crippen molar-refractivity contribution in [1.82, 2.24) is 0 Å². The normalized spacial score (nSPS) is 11.9. The average molecular weight is 288 g/mol. The van der Waals surface area contributed by atoms with Crippen LogP contribution in [0.15, 0.2) is 53.4 Å². The lowest BCUT2D eigenvalue weighted by Crippen LogP contribution is -2.00. The monoisotopic (exact) mass is 288 g/mol. The molecule has 0 radical (unpaired) electrons. The Balaban J connectivity index is 1.96. The van der Waals surface area contributed by atoms with E-state index in [1.165, 1.54) is 0 Å². The third-order valence-electron chi connectivity index (χ3n) is 2.90. The maximum absolute atomic E-state index is 10.6. The Morgan fingerprint density at radius 3 is 2.65 bits per heavy atom. The summed E-state index contributed by atoms with van der Waals surface area (Å²) in [5, 5.41) is 10.2. The molecule has 0 heterocycles. The molecule has 4 heteroatoms. The number of benzene rings is 2. The molecule has 1 atom stereocenters. The summed E-state index contributed by atoms with van der Waals surface area (Å²) in [7, 11) is 1.61. The number of aldehydes is 1. The van der Waals surface area contributed by atoms with Gasteiger partial charge in [-0.2, -0.15) is 0 Å². The minimum absolute atomic E-state index is 0.549. The fourth-order valence-electron chi connectivity index (χ4n) is 1.76. The third-order valence-corrected chi connectivity index (χ3v) is 3.99. The number of carbonyl (C=O) groups is 1. The van der Waals surface area contributed by atoms with Crippen molar-refractivity contribution in [1.29, 1.82) is 0 Å². The molecule has 0 spiro atoms. The standard InChI is InChI=1S/C16H16O3S/c1-19-14-4-2-3-13(9-14)16(18)11-20-15-7-5-12(10-17)6-8-15/h2-10,16,18H,11H2,1H3. The van der Waals surface area contributed by atoms with Gasteiger partial charge in [-0.3, -0.25) is 4.79 Å². The van der Waals surface area contributed by atoms with Gasteiger partial charge in [0.15, 0.2) is 0 Å². The topological polar surface area (TPSA) is 46.5 Å². The summed E-state index contributed by atoms with van der Waals surface area (Å²) in [4.78, 5) is 11.6. The second-order valence-electron chi connectivity index (χ2n) is 4.29. The zero-order chi connectivity index (χ0) is 14.4. The molecule has 0 aliphatic carbocycles. The molecule has 0 amide bonds. The summed E-state index contributed by atoms with van der Waals surface area (Å²) in [6.07, 6.45) is 0.264. The number of thioether (sulfide) groups is 1. The Hall–Kier alpha value is -1.78. The molecule has 0 saturated heterocycles. The van der Waals surface area contributed by atoms with Crippen LogP contribution in [0.25, 0.3) is 0 Å². The molecule has 0 aromatic heterocycles. The Bertz CT molecular complexity index is 566. The van der Waals surface area contributed by atoms with Gasteiger partial charge in [-0.25, -0.2) is 0 Å². The molecule has 104 valence electrons. The van der Waals surface area contributed by atoms with E-state index in [0.717, 1.165) is 22.5 Å². The van der Waals surface area contributed by atoms with E-state index in [-0.39, 0.29) is 0 Å². The zero-order valence-corrected chi connectivity index (χ0v) is 12.0. The molecule has 1 unspecified atom stereocenters. The van der Waals surface area contributed by atoms with E-state index in [0.29, 0.717) is 11.3 Å². The maximum atomic E-state index is 10.6. The summed E-state index contributed by atoms with van der Waals surface area (Å²) in [5.74, 6) is 1.29. The van der Waals surface area contributed by atoms with Crippen molar-refractivity contribution in [3.63, 3.8) is 0 Å². The first kappa shape index (κ1) is 14.6. The summed E-state index contributed by atoms with van der Waals surface area (Å²) < 4.78 is 5.14. The number of methoxy groups -OCH3 is 1. The van der Waals surface area contributed by atoms with E-state index in [1.807, 2.05) is 36.4 Å². The van der Waals surface area contributed by atoms with Crippen LogP contribution in [0.2, 0.25) is 0 Å². The summed E-state index contributed by atoms with van der Waals surface area (Å²) >= 11 is 1.55. The highest BCUT2D eigenvalue weighted by atomic mass is 32.2. The van der Waals surface area contributed by atoms with Crippen molar-refractivity contribution in [2.45, 2.75) is 11.0 Å². The molecule has 0 fully saturated rings. The molecule has 0 aliphatic rings. The largest absolute Gasteiger partial charge is 0.497 e. The predicted molar refractivity (Wildman–Crippen MR) is 80.5 cm³/mol. The maximum Gasteiger partial charge on any atom is 0.150 e. The number of carbonyl (C=O) groups excluding carboxylic acids is 1. The fourth-order valence-corrected chi connectivity index (χ4v) is 2.63. The van der Waals surface area contributed by atoms with Gasteiger partial charge in [0, 0.05) is 16.2 Å². The van der Waals surface area contributed by atoms with E-state index >= 15 is 0 Å². The lowest BCUT2D eigenvalue weighted by Gasteiger charge is -2.12. The van der Waals surface area contributed by atoms with Crippen molar-refractivity contribution < 1.29 is 14.6 Å². The fraction of sp³-hybridized carbons (Fsp3) is 0.188. The highest BCUT2D eigenvalue weighted by Gasteiger charge is 2.09. The molecular weight excluding hydrogens is 272 g/mol. The van der Waals surface area contributed by atoms with E-state index in [2.05, 4.69) is 0 Å². The van der Waals surface area contributed by atoms with E-state index in [4.69, 9.17) is 4.74 Å². The van der Waals surface area contributed by atoms with Crippen LogP contribution in [0.4, 0.5) is 0 Å². The Kier molecular flexibility index (Phi) is 5.21. The van der Waals surface area contributed by atoms with Gasteiger partial charge in [0.05, 0.1) is 13.2 Å². The second kappa shape index (κ2) is 7.12. The molecule has 0 saturated carbocycles. The van der Waals surface area contributed by atoms with Gasteiger partial charge in [-0.15, -0.1) is 11.8 Å². The molecular formula is C16H16O3S. The summed E-state index contributed by atoms with van der Waals surface area (Å²) in [6.45, 7) is 0. The highest BCUT2D eigenvalue weighted by Crippen LogP contribution is 2.26. The number of ether oxygens (including phenoxy) is 1. The van der Waals surface area contributed by atoms with Crippen molar-refractivity contribution in [2.24, 2.45) is 0 Å². The number of hydrogen-bond donors (Lipinski definition) is 1. The van der Waals surface area contributed by atoms with Gasteiger partial charge in [-0.1, -0.05) is 24.3 Å². The van der Waals surface area contributed by atoms with Crippen molar-refractivity contribution in [3.8, 4) is 5.75 Å². The smallest absolute Gasteiger partial charge is 0.150 e. The number of aliphatic hydroxyl groups is 1. The lowest BCUT2D eigenvalue weighted by molar-refractivity contribution is 0.112. The first-order valence-corrected chi connectivity index (χ1v) is 7.21. The predicted octanol–water partition coefficient (Wildman–Crippen LogP) is 3.33. The van der Waals surface area contributed by atoms with Crippen molar-refractivity contribution in [2.75, 3.05) is 12.9 Å². The molecule has 2 rings (SSSR count). The van der Waals surface area contributed by atoms with Crippen LogP contribution in [-0.2, 0) is 0 Å². The minimum atomic E-state index is -0.555. The van der Waals surface area contributed by atoms with Crippen LogP contribution in [-0.4, -0.2) is 24.3 Å². The first-order chi connectivity index (χ1) is 9.72. The molecule has 3 nitrogen and oxygen atoms in total. The quantitative estimate of drug-likeness (QED) is 0.654. The highest BCUT2D eigenvalue weighted by molar-refractivity contribution is 7.99. The zero-order valence-electron chi connectivity index (χ0n) is 11.2. The van der Waals surface area contributed by atoms with E-state index in [9.17, 15) is 9.90 Å². The first-order valence-electron chi connectivity index (χ1n) is 6.23. The molecule has 1 N–H and O–H groups in total. The third kappa shape index (κ3) is 3.85. The van der Waals surface area contributed by atoms with Gasteiger partial charge >= 0.3 is 0 Å². The van der Waals surface area contributed by atoms with Crippen LogP contribution < -0.4 is 4.74 Å². The number of hydrogen-bond acceptors (Lipinski definition) is 4. The second-order valence-corrected chi connectivity index (χ2v) is 5.38. The summed E-state index contributed by atoms with van der Waals surface area (Å²) in [5.41, 5.74) is 1.49. The Morgan fingerprint density at radius 2 is 2.00 bits per heavy atom. The van der Waals surface area contributed by atoms with Crippen LogP contribution in [0.1, 0.15) is 22.0 Å². The van der Waals surface area contributed by atoms with Crippen LogP contribution >= 0.6 is 11.8 Å². The Labute approximate surface area is 122 Å². The average Bonchev–Trinajstić information content (AvgIpc) is 2.53. The van der Waals surface area contributed by atoms with Gasteiger partial charge in [-0.05, 0) is 29.8 Å². The van der Waals surface area contributed by atoms with Gasteiger partial charge < -0.3 is 9.84 Å². The van der Waals surface area contributed by atoms with Gasteiger partial charge in [0.2, 0.25) is 0 Å². The SMILES string of the molecule is COc1cccc(C(O)CSc2ccc(C=O)cc2)c1. The molecule has 0 aliphatic heterocycles. The van der Waals surface area contributed by atoms with E-state index in [1.54, 1.807) is 31.0 Å². The molecule has 20 heavy (non-hydrogen) atoms. The van der Waals surface area contributed by atoms with E-state index < -0.39 is 6.10 Å². The van der Waals surface area contributed by atoms with Crippen molar-refractivity contribution >= 4 is 18.0 Å². The van der Waals surface area contributed by atoms with Gasteiger partial charge in [0.1, 0.15) is 12.0 Å². The number of aliphatic hydroxyl groups excluding tert-OH is 1. The molecule has 2 aromatic rings. The van der Waals surface area contributed by atoms with Crippen LogP contribution in [0.5, 0.6) is 5.75 Å². The van der Waals surface area contributed by atoms with Crippen LogP contribution in [0, 0.1) is 0 Å².